The van der Waals surface area contributed by atoms with Gasteiger partial charge in [-0.25, -0.2) is 0 Å². The SMILES string of the molecule is COCC(O)COc1cc(C)c(OCC(O)COC)c2ccccc12. The molecule has 0 aliphatic rings. The van der Waals surface area contributed by atoms with Gasteiger partial charge in [0.15, 0.2) is 0 Å². The molecule has 0 saturated carbocycles. The second-order valence-electron chi connectivity index (χ2n) is 5.91. The van der Waals surface area contributed by atoms with Crippen LogP contribution in [0.3, 0.4) is 0 Å². The molecule has 2 N–H and O–H groups in total. The molecule has 0 fully saturated rings. The molecule has 25 heavy (non-hydrogen) atoms. The molecule has 0 radical (unpaired) electrons. The number of hydrogen-bond acceptors (Lipinski definition) is 6. The summed E-state index contributed by atoms with van der Waals surface area (Å²) >= 11 is 0. The van der Waals surface area contributed by atoms with Gasteiger partial charge in [0.2, 0.25) is 0 Å². The fourth-order valence-corrected chi connectivity index (χ4v) is 2.61. The van der Waals surface area contributed by atoms with Crippen molar-refractivity contribution in [1.82, 2.24) is 0 Å². The summed E-state index contributed by atoms with van der Waals surface area (Å²) in [5, 5.41) is 21.4. The minimum Gasteiger partial charge on any atom is -0.490 e. The maximum atomic E-state index is 9.81. The van der Waals surface area contributed by atoms with E-state index >= 15 is 0 Å². The molecule has 0 aliphatic heterocycles. The molecule has 6 nitrogen and oxygen atoms in total. The average Bonchev–Trinajstić information content (AvgIpc) is 2.59. The number of aryl methyl sites for hydroxylation is 1. The summed E-state index contributed by atoms with van der Waals surface area (Å²) in [6, 6.07) is 9.59. The first-order valence-corrected chi connectivity index (χ1v) is 8.18. The van der Waals surface area contributed by atoms with Crippen LogP contribution in [0, 0.1) is 6.92 Å². The Morgan fingerprint density at radius 2 is 1.40 bits per heavy atom. The van der Waals surface area contributed by atoms with Gasteiger partial charge in [0.25, 0.3) is 0 Å². The Bertz CT molecular complexity index is 672. The number of benzene rings is 2. The van der Waals surface area contributed by atoms with Crippen LogP contribution in [0.25, 0.3) is 10.8 Å². The number of rotatable bonds is 10. The largest absolute Gasteiger partial charge is 0.490 e. The Morgan fingerprint density at radius 3 is 2.00 bits per heavy atom. The summed E-state index contributed by atoms with van der Waals surface area (Å²) in [4.78, 5) is 0. The summed E-state index contributed by atoms with van der Waals surface area (Å²) in [5.74, 6) is 1.38. The van der Waals surface area contributed by atoms with E-state index in [0.29, 0.717) is 11.5 Å². The van der Waals surface area contributed by atoms with Crippen molar-refractivity contribution >= 4 is 10.8 Å². The van der Waals surface area contributed by atoms with Crippen molar-refractivity contribution in [2.45, 2.75) is 19.1 Å². The maximum absolute atomic E-state index is 9.81. The Hall–Kier alpha value is -1.86. The molecule has 0 spiro atoms. The summed E-state index contributed by atoms with van der Waals surface area (Å²) in [6.07, 6.45) is -1.38. The van der Waals surface area contributed by atoms with Gasteiger partial charge in [-0.15, -0.1) is 0 Å². The topological polar surface area (TPSA) is 77.4 Å². The highest BCUT2D eigenvalue weighted by Crippen LogP contribution is 2.36. The highest BCUT2D eigenvalue weighted by Gasteiger charge is 2.14. The van der Waals surface area contributed by atoms with Crippen LogP contribution in [0.5, 0.6) is 11.5 Å². The first kappa shape index (κ1) is 19.5. The minimum atomic E-state index is -0.691. The third kappa shape index (κ3) is 5.31. The van der Waals surface area contributed by atoms with Crippen molar-refractivity contribution in [2.24, 2.45) is 0 Å². The zero-order valence-electron chi connectivity index (χ0n) is 14.9. The fourth-order valence-electron chi connectivity index (χ4n) is 2.61. The number of hydrogen-bond donors (Lipinski definition) is 2. The van der Waals surface area contributed by atoms with Crippen LogP contribution in [-0.4, -0.2) is 63.1 Å². The molecule has 2 atom stereocenters. The van der Waals surface area contributed by atoms with Crippen molar-refractivity contribution in [1.29, 1.82) is 0 Å². The molecule has 0 aliphatic carbocycles. The van der Waals surface area contributed by atoms with Gasteiger partial charge in [0.05, 0.1) is 13.2 Å². The molecule has 0 saturated heterocycles. The van der Waals surface area contributed by atoms with Crippen molar-refractivity contribution in [3.05, 3.63) is 35.9 Å². The summed E-state index contributed by atoms with van der Waals surface area (Å²) < 4.78 is 21.4. The number of aliphatic hydroxyl groups excluding tert-OH is 2. The first-order valence-electron chi connectivity index (χ1n) is 8.18. The first-order chi connectivity index (χ1) is 12.1. The van der Waals surface area contributed by atoms with Crippen LogP contribution in [-0.2, 0) is 9.47 Å². The predicted molar refractivity (Wildman–Crippen MR) is 95.4 cm³/mol. The summed E-state index contributed by atoms with van der Waals surface area (Å²) in [6.45, 7) is 2.64. The molecule has 2 rings (SSSR count). The number of fused-ring (bicyclic) bond motifs is 1. The average molecular weight is 350 g/mol. The van der Waals surface area contributed by atoms with E-state index in [1.54, 1.807) is 0 Å². The molecule has 0 heterocycles. The van der Waals surface area contributed by atoms with E-state index < -0.39 is 12.2 Å². The van der Waals surface area contributed by atoms with Gasteiger partial charge in [-0.05, 0) is 18.6 Å². The zero-order valence-corrected chi connectivity index (χ0v) is 14.9. The normalized spacial score (nSPS) is 13.6. The quantitative estimate of drug-likeness (QED) is 0.682. The molecular weight excluding hydrogens is 324 g/mol. The molecular formula is C19H26O6. The van der Waals surface area contributed by atoms with Gasteiger partial charge in [-0.3, -0.25) is 0 Å². The molecule has 0 aromatic heterocycles. The van der Waals surface area contributed by atoms with Gasteiger partial charge in [-0.2, -0.15) is 0 Å². The van der Waals surface area contributed by atoms with Gasteiger partial charge >= 0.3 is 0 Å². The fraction of sp³-hybridized carbons (Fsp3) is 0.474. The highest BCUT2D eigenvalue weighted by atomic mass is 16.5. The number of aliphatic hydroxyl groups is 2. The summed E-state index contributed by atoms with van der Waals surface area (Å²) in [5.41, 5.74) is 0.888. The molecule has 0 bridgehead atoms. The Morgan fingerprint density at radius 1 is 0.840 bits per heavy atom. The second kappa shape index (κ2) is 9.58. The third-order valence-corrected chi connectivity index (χ3v) is 3.71. The number of ether oxygens (including phenoxy) is 4. The van der Waals surface area contributed by atoms with E-state index in [9.17, 15) is 10.2 Å². The van der Waals surface area contributed by atoms with E-state index in [2.05, 4.69) is 0 Å². The Balaban J connectivity index is 2.24. The number of methoxy groups -OCH3 is 2. The molecule has 2 aromatic carbocycles. The van der Waals surface area contributed by atoms with Crippen LogP contribution < -0.4 is 9.47 Å². The van der Waals surface area contributed by atoms with Crippen LogP contribution >= 0.6 is 0 Å². The van der Waals surface area contributed by atoms with Gasteiger partial charge < -0.3 is 29.2 Å². The van der Waals surface area contributed by atoms with E-state index in [-0.39, 0.29) is 26.4 Å². The van der Waals surface area contributed by atoms with Gasteiger partial charge in [0.1, 0.15) is 36.9 Å². The second-order valence-corrected chi connectivity index (χ2v) is 5.91. The zero-order chi connectivity index (χ0) is 18.2. The molecule has 6 heteroatoms. The van der Waals surface area contributed by atoms with Gasteiger partial charge in [-0.1, -0.05) is 24.3 Å². The van der Waals surface area contributed by atoms with Crippen molar-refractivity contribution in [2.75, 3.05) is 40.6 Å². The highest BCUT2D eigenvalue weighted by molar-refractivity contribution is 5.94. The van der Waals surface area contributed by atoms with E-state index in [0.717, 1.165) is 16.3 Å². The van der Waals surface area contributed by atoms with E-state index in [1.807, 2.05) is 37.3 Å². The predicted octanol–water partition coefficient (Wildman–Crippen LogP) is 1.92. The Kier molecular flexibility index (Phi) is 7.46. The molecule has 2 unspecified atom stereocenters. The lowest BCUT2D eigenvalue weighted by molar-refractivity contribution is 0.0321. The van der Waals surface area contributed by atoms with E-state index in [1.165, 1.54) is 14.2 Å². The maximum Gasteiger partial charge on any atom is 0.130 e. The van der Waals surface area contributed by atoms with Crippen LogP contribution in [0.4, 0.5) is 0 Å². The van der Waals surface area contributed by atoms with Crippen LogP contribution in [0.1, 0.15) is 5.56 Å². The van der Waals surface area contributed by atoms with Crippen LogP contribution in [0.15, 0.2) is 30.3 Å². The van der Waals surface area contributed by atoms with Gasteiger partial charge in [0, 0.05) is 25.0 Å². The lowest BCUT2D eigenvalue weighted by Crippen LogP contribution is -2.23. The lowest BCUT2D eigenvalue weighted by atomic mass is 10.0. The van der Waals surface area contributed by atoms with Crippen molar-refractivity contribution in [3.63, 3.8) is 0 Å². The summed E-state index contributed by atoms with van der Waals surface area (Å²) in [7, 11) is 3.07. The molecule has 138 valence electrons. The lowest BCUT2D eigenvalue weighted by Gasteiger charge is -2.18. The molecule has 0 amide bonds. The van der Waals surface area contributed by atoms with Crippen LogP contribution in [0.2, 0.25) is 0 Å². The minimum absolute atomic E-state index is 0.143. The van der Waals surface area contributed by atoms with E-state index in [4.69, 9.17) is 18.9 Å². The monoisotopic (exact) mass is 350 g/mol. The Labute approximate surface area is 147 Å². The third-order valence-electron chi connectivity index (χ3n) is 3.71. The smallest absolute Gasteiger partial charge is 0.130 e. The van der Waals surface area contributed by atoms with Crippen molar-refractivity contribution in [3.8, 4) is 11.5 Å². The van der Waals surface area contributed by atoms with Crippen molar-refractivity contribution < 1.29 is 29.2 Å². The standard InChI is InChI=1S/C19H26O6/c1-13-8-18(24-11-14(20)9-22-2)16-6-4-5-7-17(16)19(13)25-12-15(21)10-23-3/h4-8,14-15,20-21H,9-12H2,1-3H3. The molecule has 2 aromatic rings.